The summed E-state index contributed by atoms with van der Waals surface area (Å²) in [6.07, 6.45) is 0. The van der Waals surface area contributed by atoms with Crippen LogP contribution in [-0.4, -0.2) is 8.42 Å². The number of benzene rings is 1. The van der Waals surface area contributed by atoms with Crippen molar-refractivity contribution < 1.29 is 12.8 Å². The van der Waals surface area contributed by atoms with Gasteiger partial charge >= 0.3 is 0 Å². The Morgan fingerprint density at radius 3 is 2.57 bits per heavy atom. The van der Waals surface area contributed by atoms with E-state index in [4.69, 9.17) is 5.73 Å². The first kappa shape index (κ1) is 16.4. The lowest BCUT2D eigenvalue weighted by Crippen LogP contribution is -2.24. The lowest BCUT2D eigenvalue weighted by molar-refractivity contribution is 0.557. The van der Waals surface area contributed by atoms with E-state index >= 15 is 0 Å². The highest BCUT2D eigenvalue weighted by Gasteiger charge is 2.20. The average Bonchev–Trinajstić information content (AvgIpc) is 2.71. The molecule has 0 aliphatic heterocycles. The van der Waals surface area contributed by atoms with Gasteiger partial charge in [0.1, 0.15) is 10.7 Å². The number of halogens is 2. The third-order valence-corrected chi connectivity index (χ3v) is 6.25. The van der Waals surface area contributed by atoms with E-state index in [1.165, 1.54) is 11.3 Å². The van der Waals surface area contributed by atoms with Gasteiger partial charge in [-0.05, 0) is 53.5 Å². The van der Waals surface area contributed by atoms with Gasteiger partial charge in [-0.1, -0.05) is 0 Å². The van der Waals surface area contributed by atoms with Gasteiger partial charge in [0.25, 0.3) is 0 Å². The first-order chi connectivity index (χ1) is 9.70. The molecule has 0 fully saturated rings. The van der Waals surface area contributed by atoms with Crippen molar-refractivity contribution in [2.75, 3.05) is 5.73 Å². The molecule has 0 saturated carbocycles. The number of hydrogen-bond acceptors (Lipinski definition) is 4. The fourth-order valence-corrected chi connectivity index (χ4v) is 4.23. The molecule has 1 aromatic heterocycles. The summed E-state index contributed by atoms with van der Waals surface area (Å²) in [4.78, 5) is 1.55. The van der Waals surface area contributed by atoms with Crippen molar-refractivity contribution in [2.45, 2.75) is 25.3 Å². The fraction of sp³-hybridized carbons (Fsp3) is 0.231. The number of nitrogens with two attached hydrogens (primary N) is 1. The van der Waals surface area contributed by atoms with E-state index in [0.717, 1.165) is 27.5 Å². The highest BCUT2D eigenvalue weighted by Crippen LogP contribution is 2.26. The molecule has 0 spiro atoms. The summed E-state index contributed by atoms with van der Waals surface area (Å²) in [6, 6.07) is 4.06. The molecule has 21 heavy (non-hydrogen) atoms. The molecule has 0 aliphatic rings. The van der Waals surface area contributed by atoms with E-state index in [1.54, 1.807) is 0 Å². The Kier molecular flexibility index (Phi) is 4.72. The van der Waals surface area contributed by atoms with Crippen molar-refractivity contribution in [3.05, 3.63) is 43.8 Å². The van der Waals surface area contributed by atoms with Gasteiger partial charge in [-0.15, -0.1) is 11.3 Å². The number of rotatable bonds is 4. The minimum absolute atomic E-state index is 0.122. The van der Waals surface area contributed by atoms with E-state index in [2.05, 4.69) is 20.7 Å². The second-order valence-corrected chi connectivity index (χ2v) is 8.51. The highest BCUT2D eigenvalue weighted by atomic mass is 79.9. The molecule has 0 amide bonds. The first-order valence-electron chi connectivity index (χ1n) is 6.01. The normalized spacial score (nSPS) is 11.8. The van der Waals surface area contributed by atoms with Crippen LogP contribution in [0.4, 0.5) is 10.1 Å². The largest absolute Gasteiger partial charge is 0.398 e. The van der Waals surface area contributed by atoms with Gasteiger partial charge in [0.2, 0.25) is 10.0 Å². The Morgan fingerprint density at radius 2 is 2.00 bits per heavy atom. The molecule has 0 bridgehead atoms. The van der Waals surface area contributed by atoms with Crippen LogP contribution in [0.2, 0.25) is 0 Å². The zero-order valence-electron chi connectivity index (χ0n) is 11.4. The van der Waals surface area contributed by atoms with Gasteiger partial charge in [-0.25, -0.2) is 17.5 Å². The summed E-state index contributed by atoms with van der Waals surface area (Å²) in [6.45, 7) is 4.04. The second-order valence-electron chi connectivity index (χ2n) is 4.58. The van der Waals surface area contributed by atoms with E-state index in [1.807, 2.05) is 19.9 Å². The molecule has 0 saturated heterocycles. The quantitative estimate of drug-likeness (QED) is 0.783. The van der Waals surface area contributed by atoms with Crippen molar-refractivity contribution in [3.8, 4) is 0 Å². The van der Waals surface area contributed by atoms with Gasteiger partial charge in [-0.2, -0.15) is 0 Å². The number of sulfonamides is 1. The SMILES string of the molecule is Cc1cc(CNS(=O)(=O)c2cc(N)c(Br)cc2F)sc1C. The number of thiophene rings is 1. The monoisotopic (exact) mass is 392 g/mol. The van der Waals surface area contributed by atoms with Crippen LogP contribution in [-0.2, 0) is 16.6 Å². The Balaban J connectivity index is 2.24. The zero-order valence-corrected chi connectivity index (χ0v) is 14.6. The van der Waals surface area contributed by atoms with Gasteiger partial charge in [0, 0.05) is 26.5 Å². The van der Waals surface area contributed by atoms with Gasteiger partial charge in [0.15, 0.2) is 0 Å². The molecule has 114 valence electrons. The Morgan fingerprint density at radius 1 is 1.33 bits per heavy atom. The summed E-state index contributed by atoms with van der Waals surface area (Å²) in [7, 11) is -3.95. The average molecular weight is 393 g/mol. The standard InChI is InChI=1S/C13H14BrFN2O2S2/c1-7-3-9(20-8(7)2)6-17-21(18,19)13-5-12(16)10(14)4-11(13)15/h3-5,17H,6,16H2,1-2H3. The summed E-state index contributed by atoms with van der Waals surface area (Å²) in [5, 5.41) is 0. The number of hydrogen-bond donors (Lipinski definition) is 2. The van der Waals surface area contributed by atoms with E-state index in [-0.39, 0.29) is 12.2 Å². The zero-order chi connectivity index (χ0) is 15.8. The highest BCUT2D eigenvalue weighted by molar-refractivity contribution is 9.10. The van der Waals surface area contributed by atoms with E-state index in [0.29, 0.717) is 4.47 Å². The van der Waals surface area contributed by atoms with Gasteiger partial charge in [-0.3, -0.25) is 0 Å². The molecule has 2 aromatic rings. The van der Waals surface area contributed by atoms with Crippen LogP contribution in [0.5, 0.6) is 0 Å². The maximum Gasteiger partial charge on any atom is 0.243 e. The van der Waals surface area contributed by atoms with Crippen molar-refractivity contribution in [1.82, 2.24) is 4.72 Å². The molecule has 4 nitrogen and oxygen atoms in total. The fourth-order valence-electron chi connectivity index (χ4n) is 1.73. The minimum atomic E-state index is -3.95. The molecule has 0 atom stereocenters. The first-order valence-corrected chi connectivity index (χ1v) is 9.10. The molecular formula is C13H14BrFN2O2S2. The third kappa shape index (κ3) is 3.63. The third-order valence-electron chi connectivity index (χ3n) is 2.99. The van der Waals surface area contributed by atoms with Crippen LogP contribution < -0.4 is 10.5 Å². The van der Waals surface area contributed by atoms with Crippen molar-refractivity contribution >= 4 is 43.0 Å². The number of nitrogen functional groups attached to an aromatic ring is 1. The van der Waals surface area contributed by atoms with Crippen molar-refractivity contribution in [3.63, 3.8) is 0 Å². The predicted molar refractivity (Wildman–Crippen MR) is 86.3 cm³/mol. The maximum atomic E-state index is 13.8. The topological polar surface area (TPSA) is 72.2 Å². The number of anilines is 1. The summed E-state index contributed by atoms with van der Waals surface area (Å²) in [5.41, 5.74) is 6.88. The van der Waals surface area contributed by atoms with Crippen LogP contribution in [0, 0.1) is 19.7 Å². The van der Waals surface area contributed by atoms with Gasteiger partial charge < -0.3 is 5.73 Å². The summed E-state index contributed by atoms with van der Waals surface area (Å²) < 4.78 is 40.9. The molecule has 2 rings (SSSR count). The minimum Gasteiger partial charge on any atom is -0.398 e. The van der Waals surface area contributed by atoms with Crippen LogP contribution >= 0.6 is 27.3 Å². The Bertz CT molecular complexity index is 768. The molecule has 0 radical (unpaired) electrons. The lowest BCUT2D eigenvalue weighted by Gasteiger charge is -2.08. The van der Waals surface area contributed by atoms with E-state index in [9.17, 15) is 12.8 Å². The number of nitrogens with one attached hydrogen (secondary N) is 1. The van der Waals surface area contributed by atoms with E-state index < -0.39 is 20.7 Å². The van der Waals surface area contributed by atoms with Crippen LogP contribution in [0.3, 0.4) is 0 Å². The maximum absolute atomic E-state index is 13.8. The molecule has 1 aromatic carbocycles. The molecule has 0 aliphatic carbocycles. The summed E-state index contributed by atoms with van der Waals surface area (Å²) >= 11 is 4.56. The Labute approximate surface area is 135 Å². The second kappa shape index (κ2) is 6.04. The Hall–Kier alpha value is -0.960. The molecule has 1 heterocycles. The van der Waals surface area contributed by atoms with Crippen molar-refractivity contribution in [1.29, 1.82) is 0 Å². The smallest absolute Gasteiger partial charge is 0.243 e. The van der Waals surface area contributed by atoms with Crippen molar-refractivity contribution in [2.24, 2.45) is 0 Å². The summed E-state index contributed by atoms with van der Waals surface area (Å²) in [5.74, 6) is -0.845. The van der Waals surface area contributed by atoms with Gasteiger partial charge in [0.05, 0.1) is 0 Å². The lowest BCUT2D eigenvalue weighted by atomic mass is 10.3. The predicted octanol–water partition coefficient (Wildman–Crippen LogP) is 3.33. The molecule has 0 unspecified atom stereocenters. The van der Waals surface area contributed by atoms with Crippen LogP contribution in [0.25, 0.3) is 0 Å². The van der Waals surface area contributed by atoms with Crippen LogP contribution in [0.15, 0.2) is 27.6 Å². The van der Waals surface area contributed by atoms with Crippen LogP contribution in [0.1, 0.15) is 15.3 Å². The molecule has 8 heteroatoms. The number of aryl methyl sites for hydroxylation is 2. The molecule has 3 N–H and O–H groups in total. The molecular weight excluding hydrogens is 379 g/mol.